The van der Waals surface area contributed by atoms with Gasteiger partial charge in [0.05, 0.1) is 23.3 Å². The Balaban J connectivity index is 1.39. The number of carbonyl (C=O) groups excluding carboxylic acids is 1. The van der Waals surface area contributed by atoms with Crippen LogP contribution in [-0.4, -0.2) is 57.0 Å². The number of para-hydroxylation sites is 1. The van der Waals surface area contributed by atoms with Crippen molar-refractivity contribution in [2.75, 3.05) is 19.7 Å². The van der Waals surface area contributed by atoms with Crippen molar-refractivity contribution in [1.82, 2.24) is 9.47 Å². The molecule has 0 unspecified atom stereocenters. The first-order valence-electron chi connectivity index (χ1n) is 13.7. The number of aliphatic hydroxyl groups is 1. The molecule has 37 heavy (non-hydrogen) atoms. The molecule has 8 rings (SSSR count). The van der Waals surface area contributed by atoms with Crippen molar-refractivity contribution in [3.63, 3.8) is 0 Å². The first kappa shape index (κ1) is 22.0. The Bertz CT molecular complexity index is 1470. The number of piperidine rings is 1. The van der Waals surface area contributed by atoms with Crippen LogP contribution in [0.1, 0.15) is 54.7 Å². The van der Waals surface area contributed by atoms with E-state index in [9.17, 15) is 15.0 Å². The topological polar surface area (TPSA) is 84.2 Å². The fraction of sp³-hybridized carbons (Fsp3) is 0.500. The highest BCUT2D eigenvalue weighted by atomic mass is 16.5. The number of fused-ring (bicyclic) bond motifs is 4. The van der Waals surface area contributed by atoms with Crippen LogP contribution in [0.5, 0.6) is 11.5 Å². The molecule has 1 spiro atoms. The summed E-state index contributed by atoms with van der Waals surface area (Å²) in [5.41, 5.74) is 3.39. The summed E-state index contributed by atoms with van der Waals surface area (Å²) in [7, 11) is 0. The van der Waals surface area contributed by atoms with Gasteiger partial charge in [0.1, 0.15) is 6.54 Å². The number of carbonyl (C=O) groups is 1. The zero-order chi connectivity index (χ0) is 25.1. The number of hydrogen-bond donors (Lipinski definition) is 2. The molecule has 5 aliphatic rings. The normalized spacial score (nSPS) is 31.1. The van der Waals surface area contributed by atoms with E-state index in [-0.39, 0.29) is 24.3 Å². The number of benzene rings is 2. The van der Waals surface area contributed by atoms with E-state index < -0.39 is 17.1 Å². The third kappa shape index (κ3) is 2.66. The monoisotopic (exact) mass is 500 g/mol. The second kappa shape index (κ2) is 7.29. The lowest BCUT2D eigenvalue weighted by molar-refractivity contribution is -0.173. The van der Waals surface area contributed by atoms with Crippen LogP contribution < -0.4 is 4.74 Å². The van der Waals surface area contributed by atoms with E-state index in [1.54, 1.807) is 6.07 Å². The summed E-state index contributed by atoms with van der Waals surface area (Å²) in [6.45, 7) is 4.16. The number of hydrogen-bond acceptors (Lipinski definition) is 6. The summed E-state index contributed by atoms with van der Waals surface area (Å²) in [5, 5.41) is 25.0. The molecule has 3 aromatic rings. The predicted molar refractivity (Wildman–Crippen MR) is 137 cm³/mol. The maximum absolute atomic E-state index is 13.0. The van der Waals surface area contributed by atoms with E-state index in [2.05, 4.69) is 11.0 Å². The second-order valence-electron chi connectivity index (χ2n) is 11.7. The maximum Gasteiger partial charge on any atom is 0.325 e. The number of aromatic nitrogens is 1. The van der Waals surface area contributed by atoms with Crippen LogP contribution in [0.3, 0.4) is 0 Å². The summed E-state index contributed by atoms with van der Waals surface area (Å²) in [6, 6.07) is 11.9. The highest BCUT2D eigenvalue weighted by Crippen LogP contribution is 2.69. The van der Waals surface area contributed by atoms with Crippen molar-refractivity contribution in [2.45, 2.75) is 68.7 Å². The quantitative estimate of drug-likeness (QED) is 0.521. The largest absolute Gasteiger partial charge is 0.504 e. The molecule has 1 aromatic heterocycles. The number of phenolic OH excluding ortho intramolecular Hbond substituents is 1. The van der Waals surface area contributed by atoms with Gasteiger partial charge in [0.15, 0.2) is 17.6 Å². The fourth-order valence-electron chi connectivity index (χ4n) is 8.31. The average Bonchev–Trinajstić information content (AvgIpc) is 3.56. The van der Waals surface area contributed by atoms with Crippen LogP contribution in [0.2, 0.25) is 0 Å². The SMILES string of the molecule is CCOC(=O)Cn1c2c(c3ccccc31)C[C@@]1(O)[C@H]3Cc4ccc(O)c5c4[C@@]1(CCN3CC1CC1)[C@H]2O5. The average molecular weight is 501 g/mol. The molecular formula is C30H32N2O5. The van der Waals surface area contributed by atoms with Gasteiger partial charge in [0.2, 0.25) is 0 Å². The molecule has 7 nitrogen and oxygen atoms in total. The smallest absolute Gasteiger partial charge is 0.325 e. The fourth-order valence-corrected chi connectivity index (χ4v) is 8.31. The van der Waals surface area contributed by atoms with E-state index in [1.807, 2.05) is 35.8 Å². The number of ether oxygens (including phenoxy) is 2. The van der Waals surface area contributed by atoms with Crippen LogP contribution >= 0.6 is 0 Å². The first-order valence-corrected chi connectivity index (χ1v) is 13.7. The van der Waals surface area contributed by atoms with Crippen molar-refractivity contribution >= 4 is 16.9 Å². The van der Waals surface area contributed by atoms with E-state index in [0.29, 0.717) is 18.8 Å². The minimum Gasteiger partial charge on any atom is -0.504 e. The van der Waals surface area contributed by atoms with E-state index >= 15 is 0 Å². The number of likely N-dealkylation sites (tertiary alicyclic amines) is 1. The summed E-state index contributed by atoms with van der Waals surface area (Å²) < 4.78 is 14.1. The molecule has 2 bridgehead atoms. The second-order valence-corrected chi connectivity index (χ2v) is 11.7. The molecule has 2 aliphatic heterocycles. The van der Waals surface area contributed by atoms with Gasteiger partial charge in [-0.2, -0.15) is 0 Å². The minimum atomic E-state index is -1.04. The van der Waals surface area contributed by atoms with Crippen LogP contribution in [0.4, 0.5) is 0 Å². The Hall–Kier alpha value is -3.03. The van der Waals surface area contributed by atoms with Crippen molar-refractivity contribution < 1.29 is 24.5 Å². The third-order valence-corrected chi connectivity index (χ3v) is 9.92. The van der Waals surface area contributed by atoms with Crippen LogP contribution in [-0.2, 0) is 34.3 Å². The number of rotatable bonds is 5. The Kier molecular flexibility index (Phi) is 4.34. The summed E-state index contributed by atoms with van der Waals surface area (Å²) in [6.07, 6.45) is 4.06. The Morgan fingerprint density at radius 1 is 1.22 bits per heavy atom. The van der Waals surface area contributed by atoms with Crippen LogP contribution in [0, 0.1) is 5.92 Å². The lowest BCUT2D eigenvalue weighted by Crippen LogP contribution is -2.74. The molecule has 0 radical (unpaired) electrons. The number of esters is 1. The number of aromatic hydroxyl groups is 1. The molecule has 1 saturated heterocycles. The van der Waals surface area contributed by atoms with Crippen molar-refractivity contribution in [3.05, 3.63) is 58.8 Å². The molecule has 2 fully saturated rings. The predicted octanol–water partition coefficient (Wildman–Crippen LogP) is 3.61. The van der Waals surface area contributed by atoms with Gasteiger partial charge in [-0.3, -0.25) is 9.69 Å². The zero-order valence-corrected chi connectivity index (χ0v) is 21.1. The third-order valence-electron chi connectivity index (χ3n) is 9.92. The van der Waals surface area contributed by atoms with E-state index in [1.165, 1.54) is 18.4 Å². The van der Waals surface area contributed by atoms with Gasteiger partial charge in [0, 0.05) is 35.5 Å². The highest BCUT2D eigenvalue weighted by molar-refractivity contribution is 5.88. The van der Waals surface area contributed by atoms with Crippen molar-refractivity contribution in [3.8, 4) is 11.5 Å². The molecule has 4 atom stereocenters. The lowest BCUT2D eigenvalue weighted by Gasteiger charge is -2.63. The first-order chi connectivity index (χ1) is 18.0. The van der Waals surface area contributed by atoms with Crippen LogP contribution in [0.15, 0.2) is 36.4 Å². The Morgan fingerprint density at radius 2 is 2.05 bits per heavy atom. The molecule has 7 heteroatoms. The minimum absolute atomic E-state index is 0.0174. The lowest BCUT2D eigenvalue weighted by atomic mass is 9.49. The van der Waals surface area contributed by atoms with Crippen LogP contribution in [0.25, 0.3) is 10.9 Å². The van der Waals surface area contributed by atoms with Gasteiger partial charge < -0.3 is 24.3 Å². The van der Waals surface area contributed by atoms with Gasteiger partial charge in [-0.25, -0.2) is 0 Å². The van der Waals surface area contributed by atoms with Gasteiger partial charge in [-0.15, -0.1) is 0 Å². The summed E-state index contributed by atoms with van der Waals surface area (Å²) >= 11 is 0. The maximum atomic E-state index is 13.0. The van der Waals surface area contributed by atoms with E-state index in [4.69, 9.17) is 9.47 Å². The van der Waals surface area contributed by atoms with Gasteiger partial charge in [-0.1, -0.05) is 24.3 Å². The van der Waals surface area contributed by atoms with Gasteiger partial charge >= 0.3 is 5.97 Å². The zero-order valence-electron chi connectivity index (χ0n) is 21.1. The number of phenols is 1. The molecule has 1 saturated carbocycles. The molecule has 3 aliphatic carbocycles. The molecule has 3 heterocycles. The van der Waals surface area contributed by atoms with Crippen molar-refractivity contribution in [1.29, 1.82) is 0 Å². The van der Waals surface area contributed by atoms with Crippen molar-refractivity contribution in [2.24, 2.45) is 5.92 Å². The Morgan fingerprint density at radius 3 is 2.86 bits per heavy atom. The molecular weight excluding hydrogens is 468 g/mol. The molecule has 2 aromatic carbocycles. The summed E-state index contributed by atoms with van der Waals surface area (Å²) in [5.74, 6) is 1.08. The summed E-state index contributed by atoms with van der Waals surface area (Å²) in [4.78, 5) is 15.3. The standard InChI is InChI=1S/C30H32N2O5/c1-2-36-24(34)16-32-21-6-4-3-5-19(21)20-14-30(35)23-13-18-9-10-22(33)27-25(18)29(30,28(37-27)26(20)32)11-12-31(23)15-17-7-8-17/h3-6,9-10,17,23,28,33,35H,2,7-8,11-16H2,1H3/t23-,28+,29+,30-/m1/s1. The van der Waals surface area contributed by atoms with Gasteiger partial charge in [-0.05, 0) is 68.3 Å². The molecule has 2 N–H and O–H groups in total. The van der Waals surface area contributed by atoms with Gasteiger partial charge in [0.25, 0.3) is 0 Å². The Labute approximate surface area is 215 Å². The number of nitrogens with zero attached hydrogens (tertiary/aromatic N) is 2. The molecule has 192 valence electrons. The molecule has 0 amide bonds. The highest BCUT2D eigenvalue weighted by Gasteiger charge is 2.73. The van der Waals surface area contributed by atoms with E-state index in [0.717, 1.165) is 59.6 Å².